The molecule has 3 rings (SSSR count). The summed E-state index contributed by atoms with van der Waals surface area (Å²) in [5, 5.41) is 9.53. The van der Waals surface area contributed by atoms with Gasteiger partial charge in [-0.1, -0.05) is 12.1 Å². The van der Waals surface area contributed by atoms with E-state index in [2.05, 4.69) is 0 Å². The van der Waals surface area contributed by atoms with Gasteiger partial charge in [-0.25, -0.2) is 4.39 Å². The van der Waals surface area contributed by atoms with E-state index in [1.165, 1.54) is 12.1 Å². The van der Waals surface area contributed by atoms with Crippen LogP contribution in [-0.2, 0) is 14.9 Å². The molecule has 1 N–H and O–H groups in total. The minimum Gasteiger partial charge on any atom is -0.481 e. The van der Waals surface area contributed by atoms with Gasteiger partial charge in [0, 0.05) is 0 Å². The highest BCUT2D eigenvalue weighted by atomic mass is 19.1. The normalized spacial score (nSPS) is 35.1. The molecule has 90 valence electrons. The van der Waals surface area contributed by atoms with Gasteiger partial charge in [-0.2, -0.15) is 0 Å². The maximum atomic E-state index is 13.3. The van der Waals surface area contributed by atoms with Crippen LogP contribution >= 0.6 is 0 Å². The zero-order valence-corrected chi connectivity index (χ0v) is 9.23. The molecule has 0 amide bonds. The van der Waals surface area contributed by atoms with E-state index in [-0.39, 0.29) is 12.2 Å². The minimum atomic E-state index is -1.05. The summed E-state index contributed by atoms with van der Waals surface area (Å²) in [5.74, 6) is -1.30. The highest BCUT2D eigenvalue weighted by molar-refractivity contribution is 5.83. The number of fused-ring (bicyclic) bond motifs is 2. The van der Waals surface area contributed by atoms with E-state index in [1.807, 2.05) is 0 Å². The molecule has 17 heavy (non-hydrogen) atoms. The van der Waals surface area contributed by atoms with Crippen LogP contribution in [0.15, 0.2) is 24.3 Å². The Bertz CT molecular complexity index is 473. The molecular weight excluding hydrogens is 223 g/mol. The number of halogens is 1. The summed E-state index contributed by atoms with van der Waals surface area (Å²) in [6.45, 7) is 0. The molecule has 3 nitrogen and oxygen atoms in total. The number of hydrogen-bond acceptors (Lipinski definition) is 2. The largest absolute Gasteiger partial charge is 0.481 e. The number of aliphatic carboxylic acids is 1. The summed E-state index contributed by atoms with van der Waals surface area (Å²) in [5.41, 5.74) is -0.525. The summed E-state index contributed by atoms with van der Waals surface area (Å²) in [6.07, 6.45) is 1.81. The standard InChI is InChI=1S/C13H13FO3/c14-9-3-1-2-8(6-9)13(12(15)16)7-10-4-5-11(13)17-10/h1-3,6,10-11H,4-5,7H2,(H,15,16). The van der Waals surface area contributed by atoms with Crippen molar-refractivity contribution in [2.75, 3.05) is 0 Å². The van der Waals surface area contributed by atoms with Crippen LogP contribution < -0.4 is 0 Å². The van der Waals surface area contributed by atoms with Crippen LogP contribution in [0.5, 0.6) is 0 Å². The van der Waals surface area contributed by atoms with Gasteiger partial charge in [-0.3, -0.25) is 4.79 Å². The maximum Gasteiger partial charge on any atom is 0.316 e. The van der Waals surface area contributed by atoms with Gasteiger partial charge in [-0.05, 0) is 37.0 Å². The van der Waals surface area contributed by atoms with Crippen molar-refractivity contribution in [3.8, 4) is 0 Å². The molecule has 3 atom stereocenters. The van der Waals surface area contributed by atoms with Crippen LogP contribution in [0.3, 0.4) is 0 Å². The summed E-state index contributed by atoms with van der Waals surface area (Å²) in [4.78, 5) is 11.6. The fourth-order valence-corrected chi connectivity index (χ4v) is 3.13. The lowest BCUT2D eigenvalue weighted by molar-refractivity contribution is -0.146. The summed E-state index contributed by atoms with van der Waals surface area (Å²) in [6, 6.07) is 5.88. The van der Waals surface area contributed by atoms with Crippen molar-refractivity contribution in [2.24, 2.45) is 0 Å². The van der Waals surface area contributed by atoms with Gasteiger partial charge < -0.3 is 9.84 Å². The number of hydrogen-bond donors (Lipinski definition) is 1. The van der Waals surface area contributed by atoms with Crippen LogP contribution in [0.2, 0.25) is 0 Å². The molecule has 2 saturated heterocycles. The van der Waals surface area contributed by atoms with Gasteiger partial charge in [0.1, 0.15) is 11.2 Å². The second kappa shape index (κ2) is 3.53. The lowest BCUT2D eigenvalue weighted by Crippen LogP contribution is -2.44. The van der Waals surface area contributed by atoms with E-state index in [0.29, 0.717) is 12.0 Å². The number of carboxylic acids is 1. The van der Waals surface area contributed by atoms with E-state index >= 15 is 0 Å². The predicted octanol–water partition coefficient (Wildman–Crippen LogP) is 2.10. The second-order valence-corrected chi connectivity index (χ2v) is 4.82. The fourth-order valence-electron chi connectivity index (χ4n) is 3.13. The monoisotopic (exact) mass is 236 g/mol. The molecule has 2 heterocycles. The molecular formula is C13H13FO3. The Hall–Kier alpha value is -1.42. The van der Waals surface area contributed by atoms with Gasteiger partial charge in [0.25, 0.3) is 0 Å². The van der Waals surface area contributed by atoms with E-state index < -0.39 is 17.2 Å². The predicted molar refractivity (Wildman–Crippen MR) is 58.2 cm³/mol. The molecule has 1 aromatic rings. The molecule has 0 spiro atoms. The summed E-state index contributed by atoms with van der Waals surface area (Å²) in [7, 11) is 0. The molecule has 3 unspecified atom stereocenters. The molecule has 0 saturated carbocycles. The quantitative estimate of drug-likeness (QED) is 0.855. The Kier molecular flexibility index (Phi) is 2.23. The Labute approximate surface area is 98.2 Å². The minimum absolute atomic E-state index is 0.0133. The average molecular weight is 236 g/mol. The SMILES string of the molecule is O=C(O)C1(c2cccc(F)c2)CC2CCC1O2. The van der Waals surface area contributed by atoms with E-state index in [4.69, 9.17) is 4.74 Å². The molecule has 0 aliphatic carbocycles. The van der Waals surface area contributed by atoms with Crippen molar-refractivity contribution in [2.45, 2.75) is 36.9 Å². The van der Waals surface area contributed by atoms with Crippen molar-refractivity contribution in [3.05, 3.63) is 35.6 Å². The van der Waals surface area contributed by atoms with Gasteiger partial charge >= 0.3 is 5.97 Å². The average Bonchev–Trinajstić information content (AvgIpc) is 2.89. The fraction of sp³-hybridized carbons (Fsp3) is 0.462. The molecule has 4 heteroatoms. The Morgan fingerprint density at radius 3 is 2.82 bits per heavy atom. The topological polar surface area (TPSA) is 46.5 Å². The van der Waals surface area contributed by atoms with Crippen LogP contribution in [-0.4, -0.2) is 23.3 Å². The number of ether oxygens (including phenoxy) is 1. The Balaban J connectivity index is 2.10. The number of benzene rings is 1. The molecule has 2 aliphatic rings. The number of carboxylic acid groups (broad SMARTS) is 1. The lowest BCUT2D eigenvalue weighted by atomic mass is 9.69. The molecule has 2 aliphatic heterocycles. The highest BCUT2D eigenvalue weighted by Crippen LogP contribution is 2.49. The molecule has 2 fully saturated rings. The second-order valence-electron chi connectivity index (χ2n) is 4.82. The van der Waals surface area contributed by atoms with E-state index in [0.717, 1.165) is 12.8 Å². The smallest absolute Gasteiger partial charge is 0.316 e. The third-order valence-electron chi connectivity index (χ3n) is 3.93. The summed E-state index contributed by atoms with van der Waals surface area (Å²) >= 11 is 0. The first-order chi connectivity index (χ1) is 8.13. The van der Waals surface area contributed by atoms with Crippen LogP contribution in [0, 0.1) is 5.82 Å². The maximum absolute atomic E-state index is 13.3. The van der Waals surface area contributed by atoms with E-state index in [9.17, 15) is 14.3 Å². The van der Waals surface area contributed by atoms with Crippen LogP contribution in [0.1, 0.15) is 24.8 Å². The highest BCUT2D eigenvalue weighted by Gasteiger charge is 2.58. The zero-order chi connectivity index (χ0) is 12.0. The van der Waals surface area contributed by atoms with Crippen molar-refractivity contribution in [1.82, 2.24) is 0 Å². The third-order valence-corrected chi connectivity index (χ3v) is 3.93. The first-order valence-electron chi connectivity index (χ1n) is 5.78. The molecule has 0 aromatic heterocycles. The summed E-state index contributed by atoms with van der Waals surface area (Å²) < 4.78 is 18.9. The van der Waals surface area contributed by atoms with Gasteiger partial charge in [0.15, 0.2) is 0 Å². The number of carbonyl (C=O) groups is 1. The first kappa shape index (κ1) is 10.7. The lowest BCUT2D eigenvalue weighted by Gasteiger charge is -2.31. The van der Waals surface area contributed by atoms with Crippen LogP contribution in [0.4, 0.5) is 4.39 Å². The van der Waals surface area contributed by atoms with Crippen molar-refractivity contribution >= 4 is 5.97 Å². The zero-order valence-electron chi connectivity index (χ0n) is 9.23. The Morgan fingerprint density at radius 2 is 2.29 bits per heavy atom. The van der Waals surface area contributed by atoms with Crippen molar-refractivity contribution in [3.63, 3.8) is 0 Å². The molecule has 0 radical (unpaired) electrons. The van der Waals surface area contributed by atoms with Gasteiger partial charge in [-0.15, -0.1) is 0 Å². The van der Waals surface area contributed by atoms with Crippen LogP contribution in [0.25, 0.3) is 0 Å². The van der Waals surface area contributed by atoms with Gasteiger partial charge in [0.05, 0.1) is 12.2 Å². The van der Waals surface area contributed by atoms with Crippen molar-refractivity contribution in [1.29, 1.82) is 0 Å². The third kappa shape index (κ3) is 1.40. The molecule has 2 bridgehead atoms. The van der Waals surface area contributed by atoms with Crippen molar-refractivity contribution < 1.29 is 19.0 Å². The number of rotatable bonds is 2. The Morgan fingerprint density at radius 1 is 1.47 bits per heavy atom. The molecule has 1 aromatic carbocycles. The van der Waals surface area contributed by atoms with E-state index in [1.54, 1.807) is 12.1 Å². The first-order valence-corrected chi connectivity index (χ1v) is 5.78. The van der Waals surface area contributed by atoms with Gasteiger partial charge in [0.2, 0.25) is 0 Å².